The first-order valence-electron chi connectivity index (χ1n) is 9.17. The molecule has 2 heterocycles. The third-order valence-electron chi connectivity index (χ3n) is 4.63. The second kappa shape index (κ2) is 8.61. The fourth-order valence-corrected chi connectivity index (χ4v) is 3.11. The van der Waals surface area contributed by atoms with Crippen LogP contribution in [0.3, 0.4) is 0 Å². The van der Waals surface area contributed by atoms with E-state index in [0.29, 0.717) is 17.9 Å². The Kier molecular flexibility index (Phi) is 5.99. The van der Waals surface area contributed by atoms with Crippen molar-refractivity contribution >= 4 is 5.91 Å². The van der Waals surface area contributed by atoms with Gasteiger partial charge in [0, 0.05) is 29.9 Å². The maximum Gasteiger partial charge on any atom is 0.251 e. The predicted octanol–water partition coefficient (Wildman–Crippen LogP) is 3.53. The molecular weight excluding hydrogens is 352 g/mol. The Hall–Kier alpha value is -3.28. The Bertz CT molecular complexity index is 971. The molecule has 6 nitrogen and oxygen atoms in total. The Morgan fingerprint density at radius 1 is 1.11 bits per heavy atom. The summed E-state index contributed by atoms with van der Waals surface area (Å²) in [5.74, 6) is 0.407. The normalized spacial score (nSPS) is 11.7. The topological polar surface area (TPSA) is 77.0 Å². The molecule has 144 valence electrons. The molecule has 6 heteroatoms. The number of methoxy groups -OCH3 is 1. The van der Waals surface area contributed by atoms with Crippen LogP contribution >= 0.6 is 0 Å². The van der Waals surface area contributed by atoms with E-state index in [4.69, 9.17) is 4.74 Å². The summed E-state index contributed by atoms with van der Waals surface area (Å²) >= 11 is 0. The van der Waals surface area contributed by atoms with E-state index in [1.54, 1.807) is 25.4 Å². The van der Waals surface area contributed by atoms with Crippen LogP contribution in [0.25, 0.3) is 11.1 Å². The third kappa shape index (κ3) is 4.34. The molecule has 1 amide bonds. The molecule has 1 atom stereocenters. The van der Waals surface area contributed by atoms with Gasteiger partial charge in [-0.1, -0.05) is 18.2 Å². The second-order valence-corrected chi connectivity index (χ2v) is 6.77. The number of rotatable bonds is 6. The third-order valence-corrected chi connectivity index (χ3v) is 4.63. The Morgan fingerprint density at radius 3 is 2.54 bits per heavy atom. The number of nitrogens with one attached hydrogen (secondary N) is 1. The summed E-state index contributed by atoms with van der Waals surface area (Å²) in [7, 11) is 1.58. The molecule has 0 aliphatic carbocycles. The minimum Gasteiger partial charge on any atom is -0.480 e. The minimum atomic E-state index is -0.111. The molecule has 0 aliphatic rings. The first-order chi connectivity index (χ1) is 13.5. The van der Waals surface area contributed by atoms with Gasteiger partial charge >= 0.3 is 0 Å². The van der Waals surface area contributed by atoms with Gasteiger partial charge < -0.3 is 10.1 Å². The molecule has 2 aromatic heterocycles. The van der Waals surface area contributed by atoms with Crippen LogP contribution in [0, 0.1) is 13.8 Å². The van der Waals surface area contributed by atoms with Gasteiger partial charge in [-0.15, -0.1) is 0 Å². The van der Waals surface area contributed by atoms with Gasteiger partial charge in [-0.25, -0.2) is 9.97 Å². The number of carbonyl (C=O) groups excluding carboxylic acids is 1. The molecule has 3 rings (SSSR count). The highest BCUT2D eigenvalue weighted by Crippen LogP contribution is 2.30. The molecule has 0 aliphatic heterocycles. The van der Waals surface area contributed by atoms with Gasteiger partial charge in [-0.2, -0.15) is 0 Å². The highest BCUT2D eigenvalue weighted by atomic mass is 16.5. The molecular formula is C22H24N4O2. The van der Waals surface area contributed by atoms with Crippen LogP contribution in [0.15, 0.2) is 48.9 Å². The Balaban J connectivity index is 1.71. The molecule has 28 heavy (non-hydrogen) atoms. The standard InChI is InChI=1S/C22H24N4O2/c1-14-6-5-11-23-19(14)12-15(2)26-21(27)18-9-7-17(8-10-18)20-16(3)24-13-25-22(20)28-4/h5-11,13,15H,12H2,1-4H3,(H,26,27). The van der Waals surface area contributed by atoms with E-state index in [1.807, 2.05) is 45.0 Å². The zero-order valence-corrected chi connectivity index (χ0v) is 16.6. The monoisotopic (exact) mass is 376 g/mol. The summed E-state index contributed by atoms with van der Waals surface area (Å²) < 4.78 is 5.34. The summed E-state index contributed by atoms with van der Waals surface area (Å²) in [6.45, 7) is 5.91. The second-order valence-electron chi connectivity index (χ2n) is 6.77. The quantitative estimate of drug-likeness (QED) is 0.712. The van der Waals surface area contributed by atoms with Gasteiger partial charge in [0.15, 0.2) is 0 Å². The zero-order chi connectivity index (χ0) is 20.1. The number of carbonyl (C=O) groups is 1. The molecule has 1 unspecified atom stereocenters. The first kappa shape index (κ1) is 19.5. The van der Waals surface area contributed by atoms with E-state index >= 15 is 0 Å². The maximum atomic E-state index is 12.6. The number of hydrogen-bond donors (Lipinski definition) is 1. The summed E-state index contributed by atoms with van der Waals surface area (Å²) in [4.78, 5) is 25.4. The number of aromatic nitrogens is 3. The van der Waals surface area contributed by atoms with E-state index in [2.05, 4.69) is 20.3 Å². The molecule has 0 saturated heterocycles. The predicted molar refractivity (Wildman–Crippen MR) is 108 cm³/mol. The zero-order valence-electron chi connectivity index (χ0n) is 16.6. The lowest BCUT2D eigenvalue weighted by Gasteiger charge is -2.15. The van der Waals surface area contributed by atoms with Crippen molar-refractivity contribution < 1.29 is 9.53 Å². The lowest BCUT2D eigenvalue weighted by atomic mass is 10.0. The molecule has 1 aromatic carbocycles. The highest BCUT2D eigenvalue weighted by Gasteiger charge is 2.14. The van der Waals surface area contributed by atoms with E-state index in [9.17, 15) is 4.79 Å². The van der Waals surface area contributed by atoms with Crippen LogP contribution in [0.1, 0.15) is 34.2 Å². The molecule has 0 bridgehead atoms. The van der Waals surface area contributed by atoms with Crippen LogP contribution < -0.4 is 10.1 Å². The number of amides is 1. The average Bonchev–Trinajstić information content (AvgIpc) is 2.69. The number of benzene rings is 1. The molecule has 0 saturated carbocycles. The van der Waals surface area contributed by atoms with E-state index in [-0.39, 0.29) is 11.9 Å². The molecule has 3 aromatic rings. The van der Waals surface area contributed by atoms with Crippen molar-refractivity contribution in [3.05, 3.63) is 71.4 Å². The van der Waals surface area contributed by atoms with Gasteiger partial charge in [0.1, 0.15) is 6.33 Å². The Labute approximate surface area is 165 Å². The lowest BCUT2D eigenvalue weighted by Crippen LogP contribution is -2.34. The van der Waals surface area contributed by atoms with Crippen molar-refractivity contribution in [3.8, 4) is 17.0 Å². The number of aryl methyl sites for hydroxylation is 2. The molecule has 0 spiro atoms. The van der Waals surface area contributed by atoms with Gasteiger partial charge in [-0.3, -0.25) is 9.78 Å². The van der Waals surface area contributed by atoms with Gasteiger partial charge in [0.2, 0.25) is 5.88 Å². The molecule has 0 radical (unpaired) electrons. The number of nitrogens with zero attached hydrogens (tertiary/aromatic N) is 3. The van der Waals surface area contributed by atoms with Crippen LogP contribution in [-0.2, 0) is 6.42 Å². The summed E-state index contributed by atoms with van der Waals surface area (Å²) in [5.41, 5.74) is 5.28. The first-order valence-corrected chi connectivity index (χ1v) is 9.17. The van der Waals surface area contributed by atoms with E-state index in [0.717, 1.165) is 28.1 Å². The fourth-order valence-electron chi connectivity index (χ4n) is 3.11. The number of hydrogen-bond acceptors (Lipinski definition) is 5. The lowest BCUT2D eigenvalue weighted by molar-refractivity contribution is 0.0940. The summed E-state index contributed by atoms with van der Waals surface area (Å²) in [6, 6.07) is 11.3. The van der Waals surface area contributed by atoms with Crippen molar-refractivity contribution in [1.82, 2.24) is 20.3 Å². The highest BCUT2D eigenvalue weighted by molar-refractivity contribution is 5.95. The van der Waals surface area contributed by atoms with Crippen molar-refractivity contribution in [2.75, 3.05) is 7.11 Å². The van der Waals surface area contributed by atoms with Crippen LogP contribution in [0.4, 0.5) is 0 Å². The summed E-state index contributed by atoms with van der Waals surface area (Å²) in [5, 5.41) is 3.04. The van der Waals surface area contributed by atoms with E-state index in [1.165, 1.54) is 6.33 Å². The molecule has 1 N–H and O–H groups in total. The number of pyridine rings is 1. The minimum absolute atomic E-state index is 0.0226. The maximum absolute atomic E-state index is 12.6. The average molecular weight is 376 g/mol. The van der Waals surface area contributed by atoms with Gasteiger partial charge in [-0.05, 0) is 50.1 Å². The van der Waals surface area contributed by atoms with Crippen LogP contribution in [-0.4, -0.2) is 34.0 Å². The van der Waals surface area contributed by atoms with Gasteiger partial charge in [0.05, 0.1) is 18.4 Å². The number of ether oxygens (including phenoxy) is 1. The van der Waals surface area contributed by atoms with Crippen molar-refractivity contribution in [2.45, 2.75) is 33.2 Å². The summed E-state index contributed by atoms with van der Waals surface area (Å²) in [6.07, 6.45) is 3.94. The van der Waals surface area contributed by atoms with E-state index < -0.39 is 0 Å². The Morgan fingerprint density at radius 2 is 1.86 bits per heavy atom. The smallest absolute Gasteiger partial charge is 0.251 e. The van der Waals surface area contributed by atoms with Crippen LogP contribution in [0.2, 0.25) is 0 Å². The molecule has 0 fully saturated rings. The van der Waals surface area contributed by atoms with Crippen molar-refractivity contribution in [1.29, 1.82) is 0 Å². The SMILES string of the molecule is COc1ncnc(C)c1-c1ccc(C(=O)NC(C)Cc2ncccc2C)cc1. The van der Waals surface area contributed by atoms with Gasteiger partial charge in [0.25, 0.3) is 5.91 Å². The van der Waals surface area contributed by atoms with Crippen molar-refractivity contribution in [3.63, 3.8) is 0 Å². The largest absolute Gasteiger partial charge is 0.480 e. The fraction of sp³-hybridized carbons (Fsp3) is 0.273. The van der Waals surface area contributed by atoms with Crippen molar-refractivity contribution in [2.24, 2.45) is 0 Å². The van der Waals surface area contributed by atoms with Crippen LogP contribution in [0.5, 0.6) is 5.88 Å².